The number of hydrogen-bond acceptors (Lipinski definition) is 2. The van der Waals surface area contributed by atoms with E-state index < -0.39 is 10.8 Å². The van der Waals surface area contributed by atoms with Crippen molar-refractivity contribution in [1.29, 1.82) is 0 Å². The number of nitrogens with two attached hydrogens (primary N) is 1. The molecule has 16 heavy (non-hydrogen) atoms. The first-order valence-electron chi connectivity index (χ1n) is 5.77. The minimum atomic E-state index is -0.768. The number of benzene rings is 1. The number of rotatable bonds is 6. The predicted octanol–water partition coefficient (Wildman–Crippen LogP) is 2.41. The second-order valence-electron chi connectivity index (χ2n) is 4.33. The van der Waals surface area contributed by atoms with Gasteiger partial charge in [-0.25, -0.2) is 0 Å². The van der Waals surface area contributed by atoms with Gasteiger partial charge in [0.15, 0.2) is 0 Å². The van der Waals surface area contributed by atoms with E-state index in [4.69, 9.17) is 5.73 Å². The van der Waals surface area contributed by atoms with Gasteiger partial charge in [-0.3, -0.25) is 4.21 Å². The zero-order valence-corrected chi connectivity index (χ0v) is 10.9. The molecule has 1 aromatic rings. The Hall–Kier alpha value is -0.670. The van der Waals surface area contributed by atoms with Crippen LogP contribution in [-0.4, -0.2) is 16.5 Å². The fraction of sp³-hybridized carbons (Fsp3) is 0.538. The van der Waals surface area contributed by atoms with E-state index >= 15 is 0 Å². The molecule has 0 heterocycles. The Bertz CT molecular complexity index is 332. The quantitative estimate of drug-likeness (QED) is 0.828. The lowest BCUT2D eigenvalue weighted by molar-refractivity contribution is 0.680. The molecule has 0 aromatic heterocycles. The highest BCUT2D eigenvalue weighted by atomic mass is 32.2. The Balaban J connectivity index is 2.51. The van der Waals surface area contributed by atoms with Gasteiger partial charge in [0.25, 0.3) is 0 Å². The topological polar surface area (TPSA) is 43.1 Å². The first kappa shape index (κ1) is 13.4. The van der Waals surface area contributed by atoms with E-state index in [1.54, 1.807) is 0 Å². The molecule has 3 heteroatoms. The molecule has 90 valence electrons. The summed E-state index contributed by atoms with van der Waals surface area (Å²) in [7, 11) is -0.768. The molecule has 0 amide bonds. The summed E-state index contributed by atoms with van der Waals surface area (Å²) >= 11 is 0. The van der Waals surface area contributed by atoms with E-state index in [1.165, 1.54) is 5.56 Å². The molecule has 0 aliphatic heterocycles. The molecule has 1 rings (SSSR count). The van der Waals surface area contributed by atoms with E-state index in [2.05, 4.69) is 38.1 Å². The third-order valence-electron chi connectivity index (χ3n) is 2.55. The van der Waals surface area contributed by atoms with Crippen LogP contribution < -0.4 is 5.73 Å². The predicted molar refractivity (Wildman–Crippen MR) is 70.9 cm³/mol. The Kier molecular flexibility index (Phi) is 5.71. The molecule has 0 saturated carbocycles. The van der Waals surface area contributed by atoms with Crippen molar-refractivity contribution >= 4 is 10.8 Å². The molecule has 0 radical (unpaired) electrons. The minimum Gasteiger partial charge on any atom is -0.330 e. The van der Waals surface area contributed by atoms with Crippen LogP contribution in [0.25, 0.3) is 0 Å². The summed E-state index contributed by atoms with van der Waals surface area (Å²) in [5, 5.41) is 0. The lowest BCUT2D eigenvalue weighted by atomic mass is 10.0. The van der Waals surface area contributed by atoms with Crippen molar-refractivity contribution in [2.45, 2.75) is 31.9 Å². The molecule has 2 nitrogen and oxygen atoms in total. The maximum absolute atomic E-state index is 11.6. The molecule has 2 N–H and O–H groups in total. The summed E-state index contributed by atoms with van der Waals surface area (Å²) in [4.78, 5) is 0. The second-order valence-corrected chi connectivity index (χ2v) is 5.90. The second kappa shape index (κ2) is 6.81. The molecule has 0 bridgehead atoms. The Labute approximate surface area is 101 Å². The molecule has 1 unspecified atom stereocenters. The van der Waals surface area contributed by atoms with Crippen LogP contribution in [0.1, 0.15) is 37.3 Å². The van der Waals surface area contributed by atoms with Crippen LogP contribution in [0.3, 0.4) is 0 Å². The van der Waals surface area contributed by atoms with Gasteiger partial charge in [-0.2, -0.15) is 0 Å². The molecule has 0 aliphatic rings. The van der Waals surface area contributed by atoms with E-state index in [0.717, 1.165) is 12.0 Å². The average molecular weight is 239 g/mol. The highest BCUT2D eigenvalue weighted by Crippen LogP contribution is 2.15. The maximum atomic E-state index is 11.6. The Morgan fingerprint density at radius 3 is 2.38 bits per heavy atom. The third-order valence-corrected chi connectivity index (χ3v) is 3.95. The molecular formula is C13H21NOS. The standard InChI is InChI=1S/C13H21NOS/c1-11(2)13-6-4-12(5-7-13)10-16(15)9-3-8-14/h4-7,11H,3,8-10,14H2,1-2H3. The van der Waals surface area contributed by atoms with Crippen LogP contribution >= 0.6 is 0 Å². The van der Waals surface area contributed by atoms with Gasteiger partial charge in [0.2, 0.25) is 0 Å². The van der Waals surface area contributed by atoms with Gasteiger partial charge in [-0.1, -0.05) is 38.1 Å². The molecule has 0 spiro atoms. The van der Waals surface area contributed by atoms with E-state index in [0.29, 0.717) is 24.0 Å². The average Bonchev–Trinajstić information content (AvgIpc) is 2.27. The summed E-state index contributed by atoms with van der Waals surface area (Å²) < 4.78 is 11.6. The van der Waals surface area contributed by atoms with Crippen molar-refractivity contribution in [2.24, 2.45) is 5.73 Å². The van der Waals surface area contributed by atoms with E-state index in [9.17, 15) is 4.21 Å². The van der Waals surface area contributed by atoms with Gasteiger partial charge >= 0.3 is 0 Å². The summed E-state index contributed by atoms with van der Waals surface area (Å²) in [5.41, 5.74) is 7.87. The normalized spacial score (nSPS) is 13.0. The van der Waals surface area contributed by atoms with Crippen LogP contribution in [-0.2, 0) is 16.6 Å². The maximum Gasteiger partial charge on any atom is 0.0485 e. The Morgan fingerprint density at radius 2 is 1.88 bits per heavy atom. The number of hydrogen-bond donors (Lipinski definition) is 1. The lowest BCUT2D eigenvalue weighted by Crippen LogP contribution is -2.07. The van der Waals surface area contributed by atoms with E-state index in [-0.39, 0.29) is 0 Å². The third kappa shape index (κ3) is 4.45. The van der Waals surface area contributed by atoms with Crippen molar-refractivity contribution in [1.82, 2.24) is 0 Å². The first-order valence-corrected chi connectivity index (χ1v) is 7.26. The van der Waals surface area contributed by atoms with Crippen molar-refractivity contribution in [3.8, 4) is 0 Å². The molecule has 0 aliphatic carbocycles. The molecular weight excluding hydrogens is 218 g/mol. The summed E-state index contributed by atoms with van der Waals surface area (Å²) in [5.74, 6) is 1.91. The van der Waals surface area contributed by atoms with Gasteiger partial charge < -0.3 is 5.73 Å². The van der Waals surface area contributed by atoms with Gasteiger partial charge in [-0.05, 0) is 30.0 Å². The first-order chi connectivity index (χ1) is 7.63. The minimum absolute atomic E-state index is 0.553. The van der Waals surface area contributed by atoms with Crippen LogP contribution in [0, 0.1) is 0 Å². The highest BCUT2D eigenvalue weighted by molar-refractivity contribution is 7.84. The van der Waals surface area contributed by atoms with Crippen LogP contribution in [0.15, 0.2) is 24.3 Å². The van der Waals surface area contributed by atoms with Crippen molar-refractivity contribution in [2.75, 3.05) is 12.3 Å². The SMILES string of the molecule is CC(C)c1ccc(CS(=O)CCCN)cc1. The molecule has 1 atom stereocenters. The van der Waals surface area contributed by atoms with Crippen molar-refractivity contribution < 1.29 is 4.21 Å². The van der Waals surface area contributed by atoms with Crippen molar-refractivity contribution in [3.63, 3.8) is 0 Å². The van der Waals surface area contributed by atoms with Crippen molar-refractivity contribution in [3.05, 3.63) is 35.4 Å². The fourth-order valence-corrected chi connectivity index (χ4v) is 2.70. The Morgan fingerprint density at radius 1 is 1.25 bits per heavy atom. The van der Waals surface area contributed by atoms with Gasteiger partial charge in [0.05, 0.1) is 0 Å². The zero-order chi connectivity index (χ0) is 12.0. The summed E-state index contributed by atoms with van der Waals surface area (Å²) in [6.07, 6.45) is 0.844. The van der Waals surface area contributed by atoms with Crippen LogP contribution in [0.4, 0.5) is 0 Å². The van der Waals surface area contributed by atoms with Gasteiger partial charge in [-0.15, -0.1) is 0 Å². The van der Waals surface area contributed by atoms with Crippen LogP contribution in [0.5, 0.6) is 0 Å². The highest BCUT2D eigenvalue weighted by Gasteiger charge is 2.03. The molecule has 1 aromatic carbocycles. The van der Waals surface area contributed by atoms with Gasteiger partial charge in [0, 0.05) is 22.3 Å². The zero-order valence-electron chi connectivity index (χ0n) is 10.1. The smallest absolute Gasteiger partial charge is 0.0485 e. The molecule has 0 fully saturated rings. The monoisotopic (exact) mass is 239 g/mol. The van der Waals surface area contributed by atoms with Gasteiger partial charge in [0.1, 0.15) is 0 Å². The lowest BCUT2D eigenvalue weighted by Gasteiger charge is -2.06. The largest absolute Gasteiger partial charge is 0.330 e. The summed E-state index contributed by atoms with van der Waals surface area (Å²) in [6, 6.07) is 8.41. The van der Waals surface area contributed by atoms with Crippen LogP contribution in [0.2, 0.25) is 0 Å². The van der Waals surface area contributed by atoms with E-state index in [1.807, 2.05) is 0 Å². The fourth-order valence-electron chi connectivity index (χ4n) is 1.50. The molecule has 0 saturated heterocycles. The summed E-state index contributed by atoms with van der Waals surface area (Å²) in [6.45, 7) is 4.97.